The highest BCUT2D eigenvalue weighted by Gasteiger charge is 2.17. The zero-order valence-electron chi connectivity index (χ0n) is 12.6. The van der Waals surface area contributed by atoms with Gasteiger partial charge in [-0.25, -0.2) is 4.39 Å². The third-order valence-corrected chi connectivity index (χ3v) is 3.55. The summed E-state index contributed by atoms with van der Waals surface area (Å²) in [6.07, 6.45) is -0.691. The number of hydrogen-bond acceptors (Lipinski definition) is 2. The van der Waals surface area contributed by atoms with Crippen molar-refractivity contribution < 1.29 is 13.9 Å². The van der Waals surface area contributed by atoms with E-state index in [-0.39, 0.29) is 10.9 Å². The Morgan fingerprint density at radius 3 is 2.45 bits per heavy atom. The van der Waals surface area contributed by atoms with Gasteiger partial charge in [0.1, 0.15) is 11.6 Å². The van der Waals surface area contributed by atoms with Crippen LogP contribution in [0, 0.1) is 19.7 Å². The Labute approximate surface area is 134 Å². The Kier molecular flexibility index (Phi) is 5.03. The van der Waals surface area contributed by atoms with Gasteiger partial charge in [0.05, 0.1) is 5.02 Å². The number of ether oxygens (including phenoxy) is 1. The first-order valence-electron chi connectivity index (χ1n) is 6.87. The Balaban J connectivity index is 2.07. The fraction of sp³-hybridized carbons (Fsp3) is 0.235. The highest BCUT2D eigenvalue weighted by atomic mass is 35.5. The number of nitrogens with one attached hydrogen (secondary N) is 1. The Morgan fingerprint density at radius 1 is 1.23 bits per heavy atom. The lowest BCUT2D eigenvalue weighted by Crippen LogP contribution is -2.30. The van der Waals surface area contributed by atoms with Gasteiger partial charge >= 0.3 is 0 Å². The van der Waals surface area contributed by atoms with E-state index in [9.17, 15) is 9.18 Å². The topological polar surface area (TPSA) is 38.3 Å². The van der Waals surface area contributed by atoms with Crippen LogP contribution in [0.15, 0.2) is 36.4 Å². The number of carbonyl (C=O) groups excluding carboxylic acids is 1. The summed E-state index contributed by atoms with van der Waals surface area (Å²) in [7, 11) is 0. The lowest BCUT2D eigenvalue weighted by Gasteiger charge is -2.18. The zero-order valence-corrected chi connectivity index (χ0v) is 13.4. The molecule has 0 saturated heterocycles. The minimum Gasteiger partial charge on any atom is -0.480 e. The first-order chi connectivity index (χ1) is 10.4. The maximum absolute atomic E-state index is 13.1. The second kappa shape index (κ2) is 6.79. The predicted molar refractivity (Wildman–Crippen MR) is 86.0 cm³/mol. The van der Waals surface area contributed by atoms with Gasteiger partial charge in [0.2, 0.25) is 0 Å². The average molecular weight is 322 g/mol. The second-order valence-electron chi connectivity index (χ2n) is 5.10. The van der Waals surface area contributed by atoms with E-state index in [1.165, 1.54) is 18.2 Å². The molecule has 5 heteroatoms. The fourth-order valence-electron chi connectivity index (χ4n) is 2.03. The fourth-order valence-corrected chi connectivity index (χ4v) is 2.21. The summed E-state index contributed by atoms with van der Waals surface area (Å²) < 4.78 is 18.8. The van der Waals surface area contributed by atoms with Gasteiger partial charge in [-0.3, -0.25) is 4.79 Å². The molecule has 2 aromatic carbocycles. The molecule has 1 atom stereocenters. The van der Waals surface area contributed by atoms with Crippen LogP contribution in [-0.4, -0.2) is 12.0 Å². The molecular weight excluding hydrogens is 305 g/mol. The number of halogens is 2. The van der Waals surface area contributed by atoms with Crippen LogP contribution in [0.2, 0.25) is 5.02 Å². The standard InChI is InChI=1S/C17H17ClFNO2/c1-10-5-4-6-11(2)16(10)22-12(3)17(21)20-13-7-8-15(19)14(18)9-13/h4-9,12H,1-3H3,(H,20,21). The van der Waals surface area contributed by atoms with E-state index in [2.05, 4.69) is 5.32 Å². The summed E-state index contributed by atoms with van der Waals surface area (Å²) in [6, 6.07) is 9.79. The number of anilines is 1. The monoisotopic (exact) mass is 321 g/mol. The number of aryl methyl sites for hydroxylation is 2. The molecule has 0 radical (unpaired) electrons. The molecule has 116 valence electrons. The van der Waals surface area contributed by atoms with Crippen molar-refractivity contribution >= 4 is 23.2 Å². The van der Waals surface area contributed by atoms with Crippen molar-refractivity contribution in [1.82, 2.24) is 0 Å². The molecule has 0 aromatic heterocycles. The summed E-state index contributed by atoms with van der Waals surface area (Å²) in [5, 5.41) is 2.61. The van der Waals surface area contributed by atoms with Crippen molar-refractivity contribution in [3.8, 4) is 5.75 Å². The van der Waals surface area contributed by atoms with Gasteiger partial charge in [-0.05, 0) is 50.1 Å². The normalized spacial score (nSPS) is 11.9. The summed E-state index contributed by atoms with van der Waals surface area (Å²) in [4.78, 5) is 12.2. The van der Waals surface area contributed by atoms with Gasteiger partial charge in [-0.1, -0.05) is 29.8 Å². The van der Waals surface area contributed by atoms with Gasteiger partial charge in [-0.2, -0.15) is 0 Å². The molecule has 1 amide bonds. The number of hydrogen-bond donors (Lipinski definition) is 1. The van der Waals surface area contributed by atoms with E-state index in [4.69, 9.17) is 16.3 Å². The van der Waals surface area contributed by atoms with E-state index in [1.54, 1.807) is 6.92 Å². The van der Waals surface area contributed by atoms with Crippen LogP contribution in [0.3, 0.4) is 0 Å². The average Bonchev–Trinajstić information content (AvgIpc) is 2.46. The lowest BCUT2D eigenvalue weighted by atomic mass is 10.1. The molecule has 1 N–H and O–H groups in total. The molecule has 0 bridgehead atoms. The molecule has 3 nitrogen and oxygen atoms in total. The van der Waals surface area contributed by atoms with Crippen molar-refractivity contribution in [3.63, 3.8) is 0 Å². The van der Waals surface area contributed by atoms with Gasteiger partial charge in [0.15, 0.2) is 6.10 Å². The maximum Gasteiger partial charge on any atom is 0.265 e. The minimum absolute atomic E-state index is 0.0406. The smallest absolute Gasteiger partial charge is 0.265 e. The Hall–Kier alpha value is -2.07. The van der Waals surface area contributed by atoms with Crippen LogP contribution in [-0.2, 0) is 4.79 Å². The van der Waals surface area contributed by atoms with Gasteiger partial charge in [0.25, 0.3) is 5.91 Å². The van der Waals surface area contributed by atoms with Gasteiger partial charge in [-0.15, -0.1) is 0 Å². The molecular formula is C17H17ClFNO2. The largest absolute Gasteiger partial charge is 0.480 e. The quantitative estimate of drug-likeness (QED) is 0.900. The Bertz CT molecular complexity index is 683. The highest BCUT2D eigenvalue weighted by Crippen LogP contribution is 2.24. The van der Waals surface area contributed by atoms with Gasteiger partial charge in [0, 0.05) is 5.69 Å². The van der Waals surface area contributed by atoms with Crippen molar-refractivity contribution in [3.05, 3.63) is 58.4 Å². The van der Waals surface area contributed by atoms with E-state index < -0.39 is 11.9 Å². The molecule has 2 rings (SSSR count). The van der Waals surface area contributed by atoms with Crippen molar-refractivity contribution in [2.24, 2.45) is 0 Å². The van der Waals surface area contributed by atoms with E-state index >= 15 is 0 Å². The van der Waals surface area contributed by atoms with Crippen molar-refractivity contribution in [2.75, 3.05) is 5.32 Å². The van der Waals surface area contributed by atoms with Crippen LogP contribution in [0.1, 0.15) is 18.1 Å². The molecule has 0 aliphatic carbocycles. The second-order valence-corrected chi connectivity index (χ2v) is 5.51. The van der Waals surface area contributed by atoms with Crippen LogP contribution < -0.4 is 10.1 Å². The maximum atomic E-state index is 13.1. The summed E-state index contributed by atoms with van der Waals surface area (Å²) in [5.74, 6) is -0.160. The number of carbonyl (C=O) groups is 1. The van der Waals surface area contributed by atoms with Crippen LogP contribution in [0.5, 0.6) is 5.75 Å². The van der Waals surface area contributed by atoms with E-state index in [1.807, 2.05) is 32.0 Å². The molecule has 0 fully saturated rings. The molecule has 0 saturated carbocycles. The molecule has 0 aliphatic rings. The number of benzene rings is 2. The lowest BCUT2D eigenvalue weighted by molar-refractivity contribution is -0.122. The third-order valence-electron chi connectivity index (χ3n) is 3.26. The minimum atomic E-state index is -0.691. The first kappa shape index (κ1) is 16.3. The molecule has 22 heavy (non-hydrogen) atoms. The molecule has 0 heterocycles. The Morgan fingerprint density at radius 2 is 1.86 bits per heavy atom. The van der Waals surface area contributed by atoms with Crippen LogP contribution in [0.4, 0.5) is 10.1 Å². The highest BCUT2D eigenvalue weighted by molar-refractivity contribution is 6.31. The van der Waals surface area contributed by atoms with Crippen LogP contribution in [0.25, 0.3) is 0 Å². The SMILES string of the molecule is Cc1cccc(C)c1OC(C)C(=O)Nc1ccc(F)c(Cl)c1. The summed E-state index contributed by atoms with van der Waals surface area (Å²) in [5.41, 5.74) is 2.35. The van der Waals surface area contributed by atoms with Crippen molar-refractivity contribution in [1.29, 1.82) is 0 Å². The van der Waals surface area contributed by atoms with Gasteiger partial charge < -0.3 is 10.1 Å². The number of rotatable bonds is 4. The van der Waals surface area contributed by atoms with Crippen molar-refractivity contribution in [2.45, 2.75) is 26.9 Å². The van der Waals surface area contributed by atoms with Crippen LogP contribution >= 0.6 is 11.6 Å². The first-order valence-corrected chi connectivity index (χ1v) is 7.25. The third kappa shape index (κ3) is 3.77. The summed E-state index contributed by atoms with van der Waals surface area (Å²) >= 11 is 5.69. The summed E-state index contributed by atoms with van der Waals surface area (Å²) in [6.45, 7) is 5.51. The number of para-hydroxylation sites is 1. The van der Waals surface area contributed by atoms with E-state index in [0.717, 1.165) is 11.1 Å². The molecule has 2 aromatic rings. The van der Waals surface area contributed by atoms with E-state index in [0.29, 0.717) is 11.4 Å². The molecule has 0 aliphatic heterocycles. The molecule has 1 unspecified atom stereocenters. The predicted octanol–water partition coefficient (Wildman–Crippen LogP) is 4.50. The number of amides is 1. The zero-order chi connectivity index (χ0) is 16.3. The molecule has 0 spiro atoms.